The number of unbranched alkanes of at least 4 members (excludes halogenated alkanes) is 4. The van der Waals surface area contributed by atoms with Gasteiger partial charge in [0.15, 0.2) is 5.82 Å². The first kappa shape index (κ1) is 43.1. The summed E-state index contributed by atoms with van der Waals surface area (Å²) in [6.45, 7) is 8.77. The van der Waals surface area contributed by atoms with E-state index in [0.717, 1.165) is 75.7 Å². The van der Waals surface area contributed by atoms with Crippen LogP contribution in [0.1, 0.15) is 85.2 Å². The molecule has 326 valence electrons. The lowest BCUT2D eigenvalue weighted by Gasteiger charge is -2.35. The van der Waals surface area contributed by atoms with Gasteiger partial charge in [-0.15, -0.1) is 0 Å². The minimum Gasteiger partial charge on any atom is -0.494 e. The van der Waals surface area contributed by atoms with Gasteiger partial charge in [0.2, 0.25) is 17.7 Å². The number of amides is 4. The van der Waals surface area contributed by atoms with Crippen molar-refractivity contribution in [3.63, 3.8) is 0 Å². The molecule has 4 amide bonds. The molecule has 3 saturated heterocycles. The Morgan fingerprint density at radius 1 is 0.903 bits per heavy atom. The first-order chi connectivity index (χ1) is 30.0. The number of piperidine rings is 2. The zero-order valence-corrected chi connectivity index (χ0v) is 35.2. The molecule has 16 heteroatoms. The quantitative estimate of drug-likeness (QED) is 0.0797. The van der Waals surface area contributed by atoms with Gasteiger partial charge in [-0.1, -0.05) is 37.4 Å². The van der Waals surface area contributed by atoms with Gasteiger partial charge in [0.1, 0.15) is 41.1 Å². The van der Waals surface area contributed by atoms with Crippen molar-refractivity contribution in [1.82, 2.24) is 30.0 Å². The van der Waals surface area contributed by atoms with Gasteiger partial charge in [0, 0.05) is 61.2 Å². The number of hydrogen-bond acceptors (Lipinski definition) is 9. The summed E-state index contributed by atoms with van der Waals surface area (Å²) >= 11 is 6.66. The molecule has 1 atom stereocenters. The number of piperazine rings is 1. The second-order valence-corrected chi connectivity index (χ2v) is 16.9. The third kappa shape index (κ3) is 9.01. The fourth-order valence-electron chi connectivity index (χ4n) is 9.31. The molecule has 0 bridgehead atoms. The number of nitrogens with zero attached hydrogens (tertiary/aromatic N) is 6. The molecule has 4 aliphatic heterocycles. The van der Waals surface area contributed by atoms with E-state index in [1.807, 2.05) is 4.90 Å². The number of carbonyl (C=O) groups excluding carboxylic acids is 4. The molecule has 3 aromatic carbocycles. The Balaban J connectivity index is 0.781. The van der Waals surface area contributed by atoms with Crippen molar-refractivity contribution in [2.45, 2.75) is 76.3 Å². The normalized spacial score (nSPS) is 18.7. The Labute approximate surface area is 363 Å². The molecule has 0 saturated carbocycles. The van der Waals surface area contributed by atoms with Gasteiger partial charge in [-0.05, 0) is 111 Å². The van der Waals surface area contributed by atoms with Gasteiger partial charge < -0.3 is 24.3 Å². The number of benzene rings is 3. The molecule has 12 nitrogen and oxygen atoms in total. The van der Waals surface area contributed by atoms with Crippen LogP contribution in [0.5, 0.6) is 5.75 Å². The summed E-state index contributed by atoms with van der Waals surface area (Å²) in [5, 5.41) is 2.73. The topological polar surface area (TPSA) is 128 Å². The number of hydrogen-bond donors (Lipinski definition) is 1. The fraction of sp³-hybridized carbons (Fsp3) is 0.435. The summed E-state index contributed by atoms with van der Waals surface area (Å²) in [7, 11) is 0. The van der Waals surface area contributed by atoms with Crippen LogP contribution in [0.3, 0.4) is 0 Å². The second kappa shape index (κ2) is 18.8. The molecule has 0 spiro atoms. The number of likely N-dealkylation sites (tertiary alicyclic amines) is 1. The van der Waals surface area contributed by atoms with Crippen molar-refractivity contribution < 1.29 is 37.1 Å². The van der Waals surface area contributed by atoms with Crippen molar-refractivity contribution in [2.75, 3.05) is 57.3 Å². The number of imide groups is 1. The molecule has 1 aromatic heterocycles. The Kier molecular flexibility index (Phi) is 13.1. The molecule has 4 aromatic rings. The number of halogens is 4. The first-order valence-electron chi connectivity index (χ1n) is 21.4. The van der Waals surface area contributed by atoms with Crippen LogP contribution in [0.4, 0.5) is 19.0 Å². The lowest BCUT2D eigenvalue weighted by molar-refractivity contribution is -0.137. The van der Waals surface area contributed by atoms with Crippen LogP contribution in [-0.2, 0) is 20.9 Å². The third-order valence-corrected chi connectivity index (χ3v) is 12.9. The van der Waals surface area contributed by atoms with Gasteiger partial charge in [-0.3, -0.25) is 24.5 Å². The molecular weight excluding hydrogens is 823 g/mol. The van der Waals surface area contributed by atoms with E-state index in [-0.39, 0.29) is 64.7 Å². The van der Waals surface area contributed by atoms with E-state index in [4.69, 9.17) is 16.3 Å². The average molecular weight is 872 g/mol. The zero-order chi connectivity index (χ0) is 43.5. The van der Waals surface area contributed by atoms with Crippen LogP contribution in [0.2, 0.25) is 5.02 Å². The van der Waals surface area contributed by atoms with Gasteiger partial charge in [-0.25, -0.2) is 23.1 Å². The maximum atomic E-state index is 16.2. The van der Waals surface area contributed by atoms with Gasteiger partial charge in [0.25, 0.3) is 5.91 Å². The maximum absolute atomic E-state index is 16.2. The summed E-state index contributed by atoms with van der Waals surface area (Å²) in [4.78, 5) is 65.7. The average Bonchev–Trinajstić information content (AvgIpc) is 3.59. The fourth-order valence-corrected chi connectivity index (χ4v) is 9.61. The summed E-state index contributed by atoms with van der Waals surface area (Å²) < 4.78 is 52.3. The molecule has 62 heavy (non-hydrogen) atoms. The summed E-state index contributed by atoms with van der Waals surface area (Å²) in [6.07, 6.45) is 9.52. The summed E-state index contributed by atoms with van der Waals surface area (Å²) in [6, 6.07) is 7.86. The minimum absolute atomic E-state index is 0.0134. The molecule has 3 fully saturated rings. The SMILES string of the molecule is C=CC(=O)N1CCN(c2ncnc3c(F)c(-c4cc(OCCCCCCCN5CCC(c6cc(F)cc7c6CN(C6CCC(=O)NC6=O)C7=O)CC5)ccc4F)c(Cl)cc23)CC1. The van der Waals surface area contributed by atoms with E-state index in [2.05, 4.69) is 26.8 Å². The molecule has 0 aliphatic carbocycles. The molecular formula is C46H49ClF3N7O5. The van der Waals surface area contributed by atoms with Crippen LogP contribution >= 0.6 is 11.6 Å². The van der Waals surface area contributed by atoms with Gasteiger partial charge in [-0.2, -0.15) is 0 Å². The number of ether oxygens (including phenoxy) is 1. The lowest BCUT2D eigenvalue weighted by Crippen LogP contribution is -2.52. The van der Waals surface area contributed by atoms with E-state index < -0.39 is 29.4 Å². The predicted octanol–water partition coefficient (Wildman–Crippen LogP) is 7.17. The highest BCUT2D eigenvalue weighted by Crippen LogP contribution is 2.41. The van der Waals surface area contributed by atoms with E-state index in [1.54, 1.807) is 17.0 Å². The predicted molar refractivity (Wildman–Crippen MR) is 228 cm³/mol. The molecule has 4 aliphatic rings. The highest BCUT2D eigenvalue weighted by Gasteiger charge is 2.41. The number of carbonyl (C=O) groups is 4. The molecule has 1 unspecified atom stereocenters. The third-order valence-electron chi connectivity index (χ3n) is 12.6. The van der Waals surface area contributed by atoms with E-state index in [9.17, 15) is 23.6 Å². The number of aromatic nitrogens is 2. The van der Waals surface area contributed by atoms with Crippen molar-refractivity contribution in [2.24, 2.45) is 0 Å². The van der Waals surface area contributed by atoms with Crippen LogP contribution in [0.25, 0.3) is 22.0 Å². The minimum atomic E-state index is -0.760. The van der Waals surface area contributed by atoms with E-state index in [1.165, 1.54) is 41.6 Å². The molecule has 1 N–H and O–H groups in total. The monoisotopic (exact) mass is 871 g/mol. The van der Waals surface area contributed by atoms with Crippen LogP contribution in [0.15, 0.2) is 55.4 Å². The molecule has 0 radical (unpaired) electrons. The van der Waals surface area contributed by atoms with E-state index in [0.29, 0.717) is 55.3 Å². The first-order valence-corrected chi connectivity index (χ1v) is 21.8. The van der Waals surface area contributed by atoms with Crippen LogP contribution < -0.4 is 15.0 Å². The van der Waals surface area contributed by atoms with Crippen LogP contribution in [-0.4, -0.2) is 107 Å². The molecule has 5 heterocycles. The van der Waals surface area contributed by atoms with Crippen molar-refractivity contribution in [3.05, 3.63) is 94.5 Å². The second-order valence-electron chi connectivity index (χ2n) is 16.5. The maximum Gasteiger partial charge on any atom is 0.255 e. The highest BCUT2D eigenvalue weighted by molar-refractivity contribution is 6.34. The zero-order valence-electron chi connectivity index (χ0n) is 34.4. The number of rotatable bonds is 14. The summed E-state index contributed by atoms with van der Waals surface area (Å²) in [5.74, 6) is -2.19. The Bertz CT molecular complexity index is 2400. The smallest absolute Gasteiger partial charge is 0.255 e. The number of fused-ring (bicyclic) bond motifs is 2. The standard InChI is InChI=1S/C46H49ClF3N7O5/c1-2-40(59)55-17-19-56(20-18-55)44-34-25-36(47)41(42(50)43(34)51-27-52-44)33-24-30(8-9-37(33)49)62-21-7-5-3-4-6-14-54-15-12-28(13-16-54)31-22-29(48)23-32-35(31)26-57(46(32)61)38-10-11-39(58)53-45(38)60/h2,8-9,22-25,27-28,38H,1,3-7,10-21,26H2,(H,53,58,60). The largest absolute Gasteiger partial charge is 0.494 e. The van der Waals surface area contributed by atoms with Crippen molar-refractivity contribution in [1.29, 1.82) is 0 Å². The number of anilines is 1. The Morgan fingerprint density at radius 3 is 2.42 bits per heavy atom. The highest BCUT2D eigenvalue weighted by atomic mass is 35.5. The van der Waals surface area contributed by atoms with Crippen molar-refractivity contribution in [3.8, 4) is 16.9 Å². The van der Waals surface area contributed by atoms with E-state index >= 15 is 8.78 Å². The summed E-state index contributed by atoms with van der Waals surface area (Å²) in [5.41, 5.74) is 1.84. The van der Waals surface area contributed by atoms with Gasteiger partial charge >= 0.3 is 0 Å². The lowest BCUT2D eigenvalue weighted by atomic mass is 9.85. The number of nitrogens with one attached hydrogen (secondary N) is 1. The van der Waals surface area contributed by atoms with Crippen molar-refractivity contribution >= 4 is 52.0 Å². The Hall–Kier alpha value is -5.54. The molecule has 8 rings (SSSR count). The Morgan fingerprint density at radius 2 is 1.66 bits per heavy atom. The van der Waals surface area contributed by atoms with Gasteiger partial charge in [0.05, 0.1) is 11.6 Å². The van der Waals surface area contributed by atoms with Crippen LogP contribution in [0, 0.1) is 17.5 Å².